The summed E-state index contributed by atoms with van der Waals surface area (Å²) in [4.78, 5) is 11.9. The van der Waals surface area contributed by atoms with Crippen LogP contribution >= 0.6 is 23.1 Å². The van der Waals surface area contributed by atoms with Gasteiger partial charge in [-0.2, -0.15) is 8.75 Å². The van der Waals surface area contributed by atoms with Gasteiger partial charge in [-0.15, -0.1) is 11.3 Å². The molecule has 0 amide bonds. The van der Waals surface area contributed by atoms with E-state index in [0.29, 0.717) is 23.6 Å². The lowest BCUT2D eigenvalue weighted by molar-refractivity contribution is 0.141. The third-order valence-electron chi connectivity index (χ3n) is 6.03. The minimum Gasteiger partial charge on any atom is -0.454 e. The lowest BCUT2D eigenvalue weighted by Crippen LogP contribution is -2.10. The molecular formula is C25H15N3O5S2. The van der Waals surface area contributed by atoms with E-state index < -0.39 is 6.16 Å². The first kappa shape index (κ1) is 20.2. The van der Waals surface area contributed by atoms with E-state index in [1.807, 2.05) is 59.2 Å². The zero-order chi connectivity index (χ0) is 23.5. The molecule has 8 nitrogen and oxygen atoms in total. The van der Waals surface area contributed by atoms with Gasteiger partial charge in [0.05, 0.1) is 34.1 Å². The van der Waals surface area contributed by atoms with Gasteiger partial charge in [-0.05, 0) is 41.5 Å². The summed E-state index contributed by atoms with van der Waals surface area (Å²) >= 11 is 2.77. The minimum atomic E-state index is -1.37. The van der Waals surface area contributed by atoms with E-state index in [-0.39, 0.29) is 12.7 Å². The number of fused-ring (bicyclic) bond motifs is 5. The van der Waals surface area contributed by atoms with Crippen LogP contribution < -0.4 is 14.2 Å². The molecule has 0 spiro atoms. The largest absolute Gasteiger partial charge is 0.512 e. The quantitative estimate of drug-likeness (QED) is 0.281. The zero-order valence-electron chi connectivity index (χ0n) is 17.9. The number of carbonyl (C=O) groups is 1. The Bertz CT molecular complexity index is 1780. The van der Waals surface area contributed by atoms with Crippen LogP contribution in [0.3, 0.4) is 0 Å². The molecule has 6 aromatic rings. The highest BCUT2D eigenvalue weighted by Crippen LogP contribution is 2.49. The van der Waals surface area contributed by atoms with Gasteiger partial charge in [-0.3, -0.25) is 0 Å². The fourth-order valence-corrected chi connectivity index (χ4v) is 6.34. The number of hydrogen-bond acceptors (Lipinski definition) is 8. The van der Waals surface area contributed by atoms with Crippen LogP contribution in [0, 0.1) is 0 Å². The highest BCUT2D eigenvalue weighted by molar-refractivity contribution is 7.26. The van der Waals surface area contributed by atoms with Crippen LogP contribution in [0.15, 0.2) is 60.7 Å². The van der Waals surface area contributed by atoms with Gasteiger partial charge in [0.25, 0.3) is 0 Å². The first-order valence-corrected chi connectivity index (χ1v) is 12.3. The van der Waals surface area contributed by atoms with E-state index in [1.165, 1.54) is 11.7 Å². The molecule has 35 heavy (non-hydrogen) atoms. The third-order valence-corrected chi connectivity index (χ3v) is 7.76. The molecule has 0 saturated heterocycles. The molecule has 3 aromatic heterocycles. The number of benzene rings is 3. The van der Waals surface area contributed by atoms with Crippen LogP contribution in [-0.2, 0) is 6.54 Å². The van der Waals surface area contributed by atoms with Crippen molar-refractivity contribution >= 4 is 60.6 Å². The van der Waals surface area contributed by atoms with Gasteiger partial charge in [0.1, 0.15) is 11.0 Å². The summed E-state index contributed by atoms with van der Waals surface area (Å²) in [7, 11) is 0. The molecule has 172 valence electrons. The van der Waals surface area contributed by atoms with E-state index in [9.17, 15) is 9.90 Å². The first-order chi connectivity index (χ1) is 17.2. The van der Waals surface area contributed by atoms with Crippen molar-refractivity contribution in [1.82, 2.24) is 13.3 Å². The molecule has 1 aliphatic heterocycles. The van der Waals surface area contributed by atoms with E-state index >= 15 is 0 Å². The maximum absolute atomic E-state index is 11.9. The maximum Gasteiger partial charge on any atom is 0.512 e. The fraction of sp³-hybridized carbons (Fsp3) is 0.0800. The number of carboxylic acid groups (broad SMARTS) is 1. The standard InChI is InChI=1S/C25H15N3O5S2/c29-25(30)33-24-21(14-6-8-18-19(10-14)32-12-31-18)23-22(15-3-1-2-4-20(15)34-23)28(24)11-13-5-7-16-17(9-13)27-35-26-16/h1-10H,11-12H2,(H,29,30). The molecule has 7 rings (SSSR count). The lowest BCUT2D eigenvalue weighted by atomic mass is 10.1. The van der Waals surface area contributed by atoms with Crippen molar-refractivity contribution in [3.8, 4) is 28.5 Å². The van der Waals surface area contributed by atoms with Gasteiger partial charge in [-0.25, -0.2) is 4.79 Å². The van der Waals surface area contributed by atoms with Gasteiger partial charge in [0.15, 0.2) is 11.5 Å². The van der Waals surface area contributed by atoms with Crippen LogP contribution in [0.5, 0.6) is 17.4 Å². The van der Waals surface area contributed by atoms with Gasteiger partial charge < -0.3 is 23.9 Å². The molecule has 0 saturated carbocycles. The minimum absolute atomic E-state index is 0.157. The smallest absolute Gasteiger partial charge is 0.454 e. The molecule has 10 heteroatoms. The molecule has 0 radical (unpaired) electrons. The fourth-order valence-electron chi connectivity index (χ4n) is 4.56. The van der Waals surface area contributed by atoms with Gasteiger partial charge in [-0.1, -0.05) is 30.3 Å². The molecule has 1 N–H and O–H groups in total. The molecule has 0 aliphatic carbocycles. The molecule has 0 unspecified atom stereocenters. The van der Waals surface area contributed by atoms with Crippen LogP contribution in [0.25, 0.3) is 42.5 Å². The average Bonchev–Trinajstić information content (AvgIpc) is 3.62. The van der Waals surface area contributed by atoms with Crippen molar-refractivity contribution in [3.05, 3.63) is 66.2 Å². The van der Waals surface area contributed by atoms with Crippen LogP contribution in [-0.4, -0.2) is 31.4 Å². The molecular weight excluding hydrogens is 486 g/mol. The summed E-state index contributed by atoms with van der Waals surface area (Å²) < 4.78 is 29.2. The summed E-state index contributed by atoms with van der Waals surface area (Å²) in [6.45, 7) is 0.558. The van der Waals surface area contributed by atoms with Crippen molar-refractivity contribution in [2.24, 2.45) is 0 Å². The Balaban J connectivity index is 1.52. The number of aromatic nitrogens is 3. The van der Waals surface area contributed by atoms with Crippen molar-refractivity contribution in [1.29, 1.82) is 0 Å². The van der Waals surface area contributed by atoms with Crippen molar-refractivity contribution in [2.75, 3.05) is 6.79 Å². The number of thiophene rings is 1. The SMILES string of the molecule is O=C(O)Oc1c(-c2ccc3c(c2)OCO3)c2sc3ccccc3c2n1Cc1ccc2nsnc2c1. The zero-order valence-corrected chi connectivity index (χ0v) is 19.6. The second-order valence-electron chi connectivity index (χ2n) is 8.07. The van der Waals surface area contributed by atoms with Crippen molar-refractivity contribution < 1.29 is 24.1 Å². The van der Waals surface area contributed by atoms with Gasteiger partial charge in [0, 0.05) is 10.1 Å². The van der Waals surface area contributed by atoms with E-state index in [1.54, 1.807) is 11.3 Å². The number of rotatable bonds is 4. The van der Waals surface area contributed by atoms with E-state index in [4.69, 9.17) is 14.2 Å². The monoisotopic (exact) mass is 501 g/mol. The first-order valence-electron chi connectivity index (χ1n) is 10.7. The maximum atomic E-state index is 11.9. The summed E-state index contributed by atoms with van der Waals surface area (Å²) in [5, 5.41) is 10.7. The number of nitrogens with zero attached hydrogens (tertiary/aromatic N) is 3. The predicted octanol–water partition coefficient (Wildman–Crippen LogP) is 6.36. The second-order valence-corrected chi connectivity index (χ2v) is 9.65. The Kier molecular flexibility index (Phi) is 4.45. The Labute approximate surface area is 205 Å². The molecule has 0 fully saturated rings. The van der Waals surface area contributed by atoms with Crippen LogP contribution in [0.2, 0.25) is 0 Å². The van der Waals surface area contributed by atoms with Crippen LogP contribution in [0.4, 0.5) is 4.79 Å². The Hall–Kier alpha value is -4.15. The predicted molar refractivity (Wildman–Crippen MR) is 134 cm³/mol. The third kappa shape index (κ3) is 3.22. The van der Waals surface area contributed by atoms with E-state index in [2.05, 4.69) is 14.8 Å². The Morgan fingerprint density at radius 2 is 1.89 bits per heavy atom. The molecule has 0 atom stereocenters. The molecule has 4 heterocycles. The Morgan fingerprint density at radius 1 is 1.03 bits per heavy atom. The van der Waals surface area contributed by atoms with E-state index in [0.717, 1.165) is 42.5 Å². The van der Waals surface area contributed by atoms with Crippen molar-refractivity contribution in [2.45, 2.75) is 6.54 Å². The average molecular weight is 502 g/mol. The molecule has 3 aromatic carbocycles. The highest BCUT2D eigenvalue weighted by atomic mass is 32.1. The second kappa shape index (κ2) is 7.69. The lowest BCUT2D eigenvalue weighted by Gasteiger charge is -2.12. The van der Waals surface area contributed by atoms with Crippen LogP contribution in [0.1, 0.15) is 5.56 Å². The summed E-state index contributed by atoms with van der Waals surface area (Å²) in [5.74, 6) is 1.54. The summed E-state index contributed by atoms with van der Waals surface area (Å²) in [5.41, 5.74) is 5.03. The summed E-state index contributed by atoms with van der Waals surface area (Å²) in [6, 6.07) is 19.6. The van der Waals surface area contributed by atoms with Gasteiger partial charge in [0.2, 0.25) is 12.7 Å². The van der Waals surface area contributed by atoms with Gasteiger partial charge >= 0.3 is 6.16 Å². The topological polar surface area (TPSA) is 95.7 Å². The molecule has 1 aliphatic rings. The normalized spacial score (nSPS) is 12.7. The van der Waals surface area contributed by atoms with Crippen molar-refractivity contribution in [3.63, 3.8) is 0 Å². The summed E-state index contributed by atoms with van der Waals surface area (Å²) in [6.07, 6.45) is -1.37. The highest BCUT2D eigenvalue weighted by Gasteiger charge is 2.27. The Morgan fingerprint density at radius 3 is 2.80 bits per heavy atom. The number of hydrogen-bond donors (Lipinski definition) is 1. The number of ether oxygens (including phenoxy) is 3. The molecule has 0 bridgehead atoms.